The SMILES string of the molecule is COC(=O)CN(Cc1ccccc1)C(=O)c1cc([N+](=O)[O-])c(F)cc1C. The molecule has 0 unspecified atom stereocenters. The van der Waals surface area contributed by atoms with Gasteiger partial charge in [0.2, 0.25) is 5.82 Å². The molecule has 0 N–H and O–H groups in total. The van der Waals surface area contributed by atoms with Gasteiger partial charge in [0.25, 0.3) is 5.91 Å². The van der Waals surface area contributed by atoms with Gasteiger partial charge in [-0.2, -0.15) is 4.39 Å². The van der Waals surface area contributed by atoms with E-state index in [1.807, 2.05) is 6.07 Å². The minimum atomic E-state index is -1.02. The fraction of sp³-hybridized carbons (Fsp3) is 0.222. The highest BCUT2D eigenvalue weighted by Gasteiger charge is 2.25. The maximum absolute atomic E-state index is 13.7. The second kappa shape index (κ2) is 8.19. The Morgan fingerprint density at radius 1 is 1.23 bits per heavy atom. The molecule has 0 heterocycles. The van der Waals surface area contributed by atoms with Crippen LogP contribution >= 0.6 is 0 Å². The van der Waals surface area contributed by atoms with E-state index in [-0.39, 0.29) is 24.2 Å². The third kappa shape index (κ3) is 4.41. The number of aryl methyl sites for hydroxylation is 1. The number of nitrogens with zero attached hydrogens (tertiary/aromatic N) is 2. The molecule has 1 amide bonds. The number of ether oxygens (including phenoxy) is 1. The van der Waals surface area contributed by atoms with Gasteiger partial charge in [0.05, 0.1) is 12.0 Å². The van der Waals surface area contributed by atoms with Gasteiger partial charge in [-0.1, -0.05) is 30.3 Å². The number of hydrogen-bond acceptors (Lipinski definition) is 5. The minimum Gasteiger partial charge on any atom is -0.468 e. The third-order valence-electron chi connectivity index (χ3n) is 3.77. The zero-order chi connectivity index (χ0) is 19.3. The molecule has 0 aliphatic rings. The summed E-state index contributed by atoms with van der Waals surface area (Å²) < 4.78 is 18.3. The molecule has 0 aliphatic heterocycles. The Morgan fingerprint density at radius 2 is 1.88 bits per heavy atom. The van der Waals surface area contributed by atoms with E-state index >= 15 is 0 Å². The number of methoxy groups -OCH3 is 1. The molecule has 136 valence electrons. The number of carbonyl (C=O) groups is 2. The predicted octanol–water partition coefficient (Wildman–Crippen LogP) is 2.86. The Kier molecular flexibility index (Phi) is 6.00. The van der Waals surface area contributed by atoms with Crippen molar-refractivity contribution in [2.24, 2.45) is 0 Å². The standard InChI is InChI=1S/C18H17FN2O5/c1-12-8-15(19)16(21(24)25)9-14(12)18(23)20(11-17(22)26-2)10-13-6-4-3-5-7-13/h3-9H,10-11H2,1-2H3. The van der Waals surface area contributed by atoms with Crippen molar-refractivity contribution in [3.63, 3.8) is 0 Å². The summed E-state index contributed by atoms with van der Waals surface area (Å²) in [6.07, 6.45) is 0. The Balaban J connectivity index is 2.41. The summed E-state index contributed by atoms with van der Waals surface area (Å²) in [7, 11) is 1.20. The Labute approximate surface area is 149 Å². The fourth-order valence-corrected chi connectivity index (χ4v) is 2.43. The van der Waals surface area contributed by atoms with Gasteiger partial charge < -0.3 is 9.64 Å². The molecule has 7 nitrogen and oxygen atoms in total. The van der Waals surface area contributed by atoms with Crippen LogP contribution in [-0.4, -0.2) is 35.4 Å². The van der Waals surface area contributed by atoms with E-state index in [2.05, 4.69) is 4.74 Å². The molecule has 0 saturated carbocycles. The lowest BCUT2D eigenvalue weighted by Gasteiger charge is -2.22. The summed E-state index contributed by atoms with van der Waals surface area (Å²) in [5.41, 5.74) is 0.162. The first-order valence-electron chi connectivity index (χ1n) is 7.68. The molecular weight excluding hydrogens is 343 g/mol. The van der Waals surface area contributed by atoms with Crippen molar-refractivity contribution in [2.75, 3.05) is 13.7 Å². The monoisotopic (exact) mass is 360 g/mol. The number of esters is 1. The number of amides is 1. The van der Waals surface area contributed by atoms with Gasteiger partial charge in [0.1, 0.15) is 6.54 Å². The summed E-state index contributed by atoms with van der Waals surface area (Å²) in [5.74, 6) is -2.28. The summed E-state index contributed by atoms with van der Waals surface area (Å²) in [6, 6.07) is 10.7. The van der Waals surface area contributed by atoms with E-state index in [4.69, 9.17) is 0 Å². The van der Waals surface area contributed by atoms with Crippen LogP contribution < -0.4 is 0 Å². The van der Waals surface area contributed by atoms with Gasteiger partial charge in [0, 0.05) is 18.2 Å². The summed E-state index contributed by atoms with van der Waals surface area (Å²) in [6.45, 7) is 1.23. The first kappa shape index (κ1) is 19.0. The van der Waals surface area contributed by atoms with E-state index in [1.165, 1.54) is 18.9 Å². The lowest BCUT2D eigenvalue weighted by molar-refractivity contribution is -0.387. The summed E-state index contributed by atoms with van der Waals surface area (Å²) in [4.78, 5) is 35.8. The Morgan fingerprint density at radius 3 is 2.46 bits per heavy atom. The molecule has 8 heteroatoms. The lowest BCUT2D eigenvalue weighted by Crippen LogP contribution is -2.36. The second-order valence-corrected chi connectivity index (χ2v) is 5.60. The van der Waals surface area contributed by atoms with Crippen LogP contribution in [0.5, 0.6) is 0 Å². The van der Waals surface area contributed by atoms with Gasteiger partial charge in [-0.15, -0.1) is 0 Å². The van der Waals surface area contributed by atoms with E-state index in [9.17, 15) is 24.1 Å². The van der Waals surface area contributed by atoms with E-state index < -0.39 is 28.3 Å². The van der Waals surface area contributed by atoms with Crippen molar-refractivity contribution in [3.8, 4) is 0 Å². The van der Waals surface area contributed by atoms with E-state index in [1.54, 1.807) is 24.3 Å². The second-order valence-electron chi connectivity index (χ2n) is 5.60. The summed E-state index contributed by atoms with van der Waals surface area (Å²) in [5, 5.41) is 11.0. The molecule has 0 spiro atoms. The van der Waals surface area contributed by atoms with Gasteiger partial charge >= 0.3 is 11.7 Å². The van der Waals surface area contributed by atoms with Gasteiger partial charge in [-0.05, 0) is 24.1 Å². The highest BCUT2D eigenvalue weighted by molar-refractivity contribution is 5.97. The molecule has 0 aromatic heterocycles. The molecule has 26 heavy (non-hydrogen) atoms. The van der Waals surface area contributed by atoms with Crippen molar-refractivity contribution in [3.05, 3.63) is 75.1 Å². The minimum absolute atomic E-state index is 0.0436. The topological polar surface area (TPSA) is 89.8 Å². The lowest BCUT2D eigenvalue weighted by atomic mass is 10.1. The van der Waals surface area contributed by atoms with Crippen LogP contribution in [0.3, 0.4) is 0 Å². The van der Waals surface area contributed by atoms with Crippen LogP contribution in [0.1, 0.15) is 21.5 Å². The molecule has 2 aromatic carbocycles. The number of nitro groups is 1. The number of halogens is 1. The van der Waals surface area contributed by atoms with Crippen molar-refractivity contribution in [2.45, 2.75) is 13.5 Å². The summed E-state index contributed by atoms with van der Waals surface area (Å²) >= 11 is 0. The van der Waals surface area contributed by atoms with E-state index in [0.29, 0.717) is 0 Å². The molecule has 0 radical (unpaired) electrons. The average molecular weight is 360 g/mol. The Hall–Kier alpha value is -3.29. The first-order chi connectivity index (χ1) is 12.3. The molecule has 2 aromatic rings. The third-order valence-corrected chi connectivity index (χ3v) is 3.77. The van der Waals surface area contributed by atoms with Crippen LogP contribution in [-0.2, 0) is 16.1 Å². The number of nitro benzene ring substituents is 1. The largest absolute Gasteiger partial charge is 0.468 e. The van der Waals surface area contributed by atoms with Crippen LogP contribution in [0.2, 0.25) is 0 Å². The highest BCUT2D eigenvalue weighted by Crippen LogP contribution is 2.23. The number of rotatable bonds is 6. The molecule has 0 bridgehead atoms. The zero-order valence-corrected chi connectivity index (χ0v) is 14.3. The fourth-order valence-electron chi connectivity index (χ4n) is 2.43. The molecule has 0 fully saturated rings. The van der Waals surface area contributed by atoms with Gasteiger partial charge in [0.15, 0.2) is 0 Å². The zero-order valence-electron chi connectivity index (χ0n) is 14.3. The van der Waals surface area contributed by atoms with Crippen molar-refractivity contribution in [1.82, 2.24) is 4.90 Å². The van der Waals surface area contributed by atoms with Crippen LogP contribution in [0.4, 0.5) is 10.1 Å². The van der Waals surface area contributed by atoms with Crippen LogP contribution in [0.15, 0.2) is 42.5 Å². The molecular formula is C18H17FN2O5. The maximum atomic E-state index is 13.7. The average Bonchev–Trinajstić information content (AvgIpc) is 2.61. The van der Waals surface area contributed by atoms with Crippen LogP contribution in [0.25, 0.3) is 0 Å². The quantitative estimate of drug-likeness (QED) is 0.449. The number of hydrogen-bond donors (Lipinski definition) is 0. The van der Waals surface area contributed by atoms with Crippen molar-refractivity contribution in [1.29, 1.82) is 0 Å². The van der Waals surface area contributed by atoms with Crippen LogP contribution in [0, 0.1) is 22.9 Å². The maximum Gasteiger partial charge on any atom is 0.325 e. The van der Waals surface area contributed by atoms with Gasteiger partial charge in [-0.25, -0.2) is 0 Å². The Bertz CT molecular complexity index is 839. The highest BCUT2D eigenvalue weighted by atomic mass is 19.1. The predicted molar refractivity (Wildman–Crippen MR) is 91.0 cm³/mol. The normalized spacial score (nSPS) is 10.3. The number of benzene rings is 2. The van der Waals surface area contributed by atoms with Gasteiger partial charge in [-0.3, -0.25) is 19.7 Å². The van der Waals surface area contributed by atoms with Crippen molar-refractivity contribution < 1.29 is 23.6 Å². The number of carbonyl (C=O) groups excluding carboxylic acids is 2. The first-order valence-corrected chi connectivity index (χ1v) is 7.68. The van der Waals surface area contributed by atoms with E-state index in [0.717, 1.165) is 17.7 Å². The van der Waals surface area contributed by atoms with Crippen molar-refractivity contribution >= 4 is 17.6 Å². The molecule has 0 atom stereocenters. The smallest absolute Gasteiger partial charge is 0.325 e. The molecule has 2 rings (SSSR count). The molecule has 0 aliphatic carbocycles. The molecule has 0 saturated heterocycles.